The van der Waals surface area contributed by atoms with Crippen molar-refractivity contribution in [1.82, 2.24) is 52.9 Å². The molecule has 518 valence electrons. The minimum absolute atomic E-state index is 0.0577. The molecular weight excluding hydrogens is 1230 g/mol. The summed E-state index contributed by atoms with van der Waals surface area (Å²) in [4.78, 5) is 116. The Morgan fingerprint density at radius 1 is 0.587 bits per heavy atom. The van der Waals surface area contributed by atoms with E-state index in [4.69, 9.17) is 46.0 Å². The van der Waals surface area contributed by atoms with Crippen molar-refractivity contribution in [2.75, 3.05) is 104 Å². The van der Waals surface area contributed by atoms with E-state index in [-0.39, 0.29) is 99.8 Å². The van der Waals surface area contributed by atoms with Crippen molar-refractivity contribution in [2.24, 2.45) is 5.73 Å². The lowest BCUT2D eigenvalue weighted by Gasteiger charge is -2.17. The molecule has 33 heteroatoms. The molecule has 0 saturated carbocycles. The highest BCUT2D eigenvalue weighted by atomic mass is 32.2. The largest absolute Gasteiger partial charge is 0.481 e. The molecular formula is C59H96N12O20S. The van der Waals surface area contributed by atoms with Crippen LogP contribution in [0.15, 0.2) is 102 Å². The number of carbonyl (C=O) groups excluding carboxylic acids is 7. The van der Waals surface area contributed by atoms with E-state index in [2.05, 4.69) is 80.3 Å². The molecule has 2 rings (SSSR count). The number of fused-ring (bicyclic) bond motifs is 1. The number of hydrogen-bond donors (Lipinski definition) is 17. The van der Waals surface area contributed by atoms with Crippen molar-refractivity contribution in [1.29, 1.82) is 0 Å². The predicted molar refractivity (Wildman–Crippen MR) is 344 cm³/mol. The molecule has 92 heavy (non-hydrogen) atoms. The summed E-state index contributed by atoms with van der Waals surface area (Å²) < 4.78 is 33.0. The van der Waals surface area contributed by atoms with E-state index in [1.807, 2.05) is 37.2 Å². The lowest BCUT2D eigenvalue weighted by molar-refractivity contribution is -0.145. The van der Waals surface area contributed by atoms with Gasteiger partial charge in [0.25, 0.3) is 0 Å². The summed E-state index contributed by atoms with van der Waals surface area (Å²) in [5, 5.41) is 71.1. The fraction of sp³-hybridized carbons (Fsp3) is 0.492. The Kier molecular flexibility index (Phi) is 48.8. The number of ether oxygens (including phenoxy) is 1. The number of sulfonamides is 1. The number of nitrogens with one attached hydrogen (secondary N) is 10. The Balaban J connectivity index is -0.00000110. The number of nitrogens with zero attached hydrogens (tertiary/aromatic N) is 1. The number of anilines is 1. The quantitative estimate of drug-likeness (QED) is 0.0164. The van der Waals surface area contributed by atoms with E-state index >= 15 is 0 Å². The molecule has 0 aliphatic carbocycles. The van der Waals surface area contributed by atoms with Crippen LogP contribution in [0.2, 0.25) is 0 Å². The van der Waals surface area contributed by atoms with Crippen LogP contribution < -0.4 is 63.5 Å². The van der Waals surface area contributed by atoms with Crippen LogP contribution in [0.4, 0.5) is 5.69 Å². The van der Waals surface area contributed by atoms with E-state index < -0.39 is 64.4 Å². The van der Waals surface area contributed by atoms with Crippen LogP contribution in [0.5, 0.6) is 0 Å². The fourth-order valence-electron chi connectivity index (χ4n) is 6.33. The lowest BCUT2D eigenvalue weighted by Crippen LogP contribution is -2.42. The smallest absolute Gasteiger partial charge is 0.321 e. The van der Waals surface area contributed by atoms with Crippen molar-refractivity contribution < 1.29 is 96.7 Å². The Hall–Kier alpha value is -8.51. The van der Waals surface area contributed by atoms with Gasteiger partial charge in [-0.1, -0.05) is 63.6 Å². The Morgan fingerprint density at radius 2 is 1.04 bits per heavy atom. The summed E-state index contributed by atoms with van der Waals surface area (Å²) in [5.74, 6) is -5.81. The van der Waals surface area contributed by atoms with Crippen molar-refractivity contribution >= 4 is 85.7 Å². The van der Waals surface area contributed by atoms with Crippen LogP contribution in [-0.2, 0) is 67.5 Å². The number of aliphatic hydroxyl groups is 2. The van der Waals surface area contributed by atoms with E-state index in [0.717, 1.165) is 23.9 Å². The molecule has 3 atom stereocenters. The Bertz CT molecular complexity index is 2870. The average Bonchev–Trinajstić information content (AvgIpc) is 0.882. The normalized spacial score (nSPS) is 11.2. The number of aliphatic hydroxyl groups excluding tert-OH is 2. The topological polar surface area (TPSA) is 494 Å². The monoisotopic (exact) mass is 1320 g/mol. The number of amides is 7. The second-order valence-corrected chi connectivity index (χ2v) is 21.7. The second kappa shape index (κ2) is 51.1. The second-order valence-electron chi connectivity index (χ2n) is 20.0. The highest BCUT2D eigenvalue weighted by Gasteiger charge is 2.21. The molecule has 0 bridgehead atoms. The number of benzene rings is 2. The van der Waals surface area contributed by atoms with E-state index in [0.29, 0.717) is 72.5 Å². The van der Waals surface area contributed by atoms with Gasteiger partial charge in [0.15, 0.2) is 0 Å². The number of hydroxylamine groups is 2. The van der Waals surface area contributed by atoms with Gasteiger partial charge in [-0.3, -0.25) is 58.0 Å². The average molecular weight is 1330 g/mol. The maximum Gasteiger partial charge on any atom is 0.321 e. The first kappa shape index (κ1) is 87.7. The van der Waals surface area contributed by atoms with Gasteiger partial charge in [0.2, 0.25) is 51.4 Å². The number of nitrogens with two attached hydrogens (primary N) is 1. The lowest BCUT2D eigenvalue weighted by atomic mass is 10.1. The van der Waals surface area contributed by atoms with Gasteiger partial charge in [0.1, 0.15) is 12.1 Å². The summed E-state index contributed by atoms with van der Waals surface area (Å²) in [7, 11) is 0.141. The molecule has 2 aromatic rings. The third-order valence-electron chi connectivity index (χ3n) is 11.3. The molecule has 0 heterocycles. The van der Waals surface area contributed by atoms with Gasteiger partial charge in [-0.15, -0.1) is 0 Å². The third kappa shape index (κ3) is 44.0. The van der Waals surface area contributed by atoms with Crippen molar-refractivity contribution in [3.05, 3.63) is 97.2 Å². The Morgan fingerprint density at radius 3 is 1.50 bits per heavy atom. The number of carbonyl (C=O) groups is 10. The van der Waals surface area contributed by atoms with E-state index in [9.17, 15) is 56.4 Å². The number of aliphatic carboxylic acids is 3. The Labute approximate surface area is 536 Å². The molecule has 1 unspecified atom stereocenters. The van der Waals surface area contributed by atoms with Crippen LogP contribution in [0.1, 0.15) is 73.1 Å². The standard InChI is InChI=1S/C18H23N3O3S.C12H21N3O6.C12H23N3O3.C10H16N2O5.C7H13NO3/c1-13(2)18(22)19-11-12-20-25(23,24)17-10-6-7-14-15(17)8-5-9-16(14)21(3)4;1-9(2)12(18)13-5-6-20-7-8-21-15-11(17)4-3-10(16)14-19;1-9(2)11(16)15-8-7-14-10(12(17)18)5-3-4-6-13;1-6(2)9(15)12-4-3-11-7(10(16)17)5-8(13)14;1-5(2)7(11)8-3-6(10)4-9/h5-10,20H,1,11-12H2,2-4H3,(H,19,22);19H,1,3-8H2,2H3,(H,13,18)(H,14,16)(H,15,17);10,14H,1,3-8,13H2,2H3,(H,15,16)(H,17,18);7,11H,1,3-5H2,2H3,(H,12,15)(H,13,14)(H,16,17);6,9-10H,1,3-4H2,2H3,(H,8,11)/t;;10-;7-;/m..00./s1. The molecule has 0 saturated heterocycles. The maximum absolute atomic E-state index is 12.7. The highest BCUT2D eigenvalue weighted by Crippen LogP contribution is 2.30. The van der Waals surface area contributed by atoms with Gasteiger partial charge >= 0.3 is 17.9 Å². The maximum atomic E-state index is 12.7. The van der Waals surface area contributed by atoms with E-state index in [1.165, 1.54) is 5.48 Å². The van der Waals surface area contributed by atoms with Crippen molar-refractivity contribution in [3.8, 4) is 0 Å². The molecule has 0 radical (unpaired) electrons. The van der Waals surface area contributed by atoms with E-state index in [1.54, 1.807) is 52.8 Å². The van der Waals surface area contributed by atoms with Gasteiger partial charge in [-0.2, -0.15) is 0 Å². The first-order valence-electron chi connectivity index (χ1n) is 28.5. The molecule has 2 aromatic carbocycles. The zero-order valence-electron chi connectivity index (χ0n) is 53.5. The molecule has 7 amide bonds. The minimum Gasteiger partial charge on any atom is -0.481 e. The number of carboxylic acid groups (broad SMARTS) is 3. The molecule has 0 aromatic heterocycles. The summed E-state index contributed by atoms with van der Waals surface area (Å²) in [6.07, 6.45) is 0.504. The first-order valence-corrected chi connectivity index (χ1v) is 30.0. The van der Waals surface area contributed by atoms with Gasteiger partial charge in [-0.05, 0) is 66.1 Å². The van der Waals surface area contributed by atoms with Crippen LogP contribution in [-0.4, -0.2) is 216 Å². The van der Waals surface area contributed by atoms with Crippen molar-refractivity contribution in [3.63, 3.8) is 0 Å². The van der Waals surface area contributed by atoms with Gasteiger partial charge in [0, 0.05) is 124 Å². The minimum atomic E-state index is -3.69. The summed E-state index contributed by atoms with van der Waals surface area (Å²) in [6, 6.07) is 9.04. The summed E-state index contributed by atoms with van der Waals surface area (Å²) in [5.41, 5.74) is 11.8. The van der Waals surface area contributed by atoms with Crippen LogP contribution in [0, 0.1) is 0 Å². The number of hydrogen-bond acceptors (Lipinski definition) is 21. The molecule has 0 fully saturated rings. The zero-order valence-corrected chi connectivity index (χ0v) is 54.3. The van der Waals surface area contributed by atoms with Gasteiger partial charge in [-0.25, -0.2) is 24.1 Å². The van der Waals surface area contributed by atoms with Gasteiger partial charge in [0.05, 0.1) is 43.8 Å². The van der Waals surface area contributed by atoms with Crippen LogP contribution in [0.3, 0.4) is 0 Å². The molecule has 32 nitrogen and oxygen atoms in total. The molecule has 0 aliphatic rings. The molecule has 0 spiro atoms. The van der Waals surface area contributed by atoms with Crippen LogP contribution in [0.25, 0.3) is 10.8 Å². The van der Waals surface area contributed by atoms with Crippen molar-refractivity contribution in [2.45, 2.75) is 96.2 Å². The summed E-state index contributed by atoms with van der Waals surface area (Å²) >= 11 is 0. The molecule has 18 N–H and O–H groups in total. The highest BCUT2D eigenvalue weighted by molar-refractivity contribution is 7.89. The number of carboxylic acids is 3. The predicted octanol–water partition coefficient (Wildman–Crippen LogP) is -1.02. The van der Waals surface area contributed by atoms with Crippen LogP contribution >= 0.6 is 0 Å². The fourth-order valence-corrected chi connectivity index (χ4v) is 7.59. The third-order valence-corrected chi connectivity index (χ3v) is 12.8. The number of rotatable bonds is 40. The van der Waals surface area contributed by atoms with Gasteiger partial charge < -0.3 is 78.1 Å². The SMILES string of the molecule is C=C(C)C(=O)NCC(O)CO.C=C(C)C(=O)NCCNS(=O)(=O)c1cccc2c(N(C)C)cccc12.C=C(C)C(=O)NCCN[C@@H](CC(=O)O)C(=O)O.C=C(C)C(=O)NCCN[C@@H](CCCCN)C(=O)O.C=C(C)C(=O)NCCOCCONC(=O)CCC(=O)NO. The first-order chi connectivity index (χ1) is 43.1. The molecule has 0 aliphatic heterocycles. The number of unbranched alkanes of at least 4 members (excludes halogenated alkanes) is 1. The summed E-state index contributed by atoms with van der Waals surface area (Å²) in [6.45, 7) is 28.1. The zero-order chi connectivity index (χ0) is 70.9.